The highest BCUT2D eigenvalue weighted by atomic mass is 15.1. The Balaban J connectivity index is 1.17. The van der Waals surface area contributed by atoms with Crippen LogP contribution in [0.25, 0.3) is 99.1 Å². The van der Waals surface area contributed by atoms with Gasteiger partial charge in [0.05, 0.1) is 22.1 Å². The predicted molar refractivity (Wildman–Crippen MR) is 334 cm³/mol. The maximum atomic E-state index is 2.81. The zero-order valence-electron chi connectivity index (χ0n) is 47.2. The lowest BCUT2D eigenvalue weighted by Gasteiger charge is -2.45. The van der Waals surface area contributed by atoms with Crippen LogP contribution in [0.2, 0.25) is 0 Å². The van der Waals surface area contributed by atoms with Crippen molar-refractivity contribution in [3.05, 3.63) is 220 Å². The van der Waals surface area contributed by atoms with Gasteiger partial charge in [-0.15, -0.1) is 0 Å². The Morgan fingerprint density at radius 2 is 0.833 bits per heavy atom. The van der Waals surface area contributed by atoms with E-state index in [0.29, 0.717) is 0 Å². The van der Waals surface area contributed by atoms with Crippen molar-refractivity contribution in [1.82, 2.24) is 9.13 Å². The first-order chi connectivity index (χ1) is 37.2. The lowest BCUT2D eigenvalue weighted by atomic mass is 9.33. The molecular formula is C75H65BN2. The minimum atomic E-state index is -0.629. The lowest BCUT2D eigenvalue weighted by molar-refractivity contribution is 0.588. The summed E-state index contributed by atoms with van der Waals surface area (Å²) in [6.07, 6.45) is 0. The van der Waals surface area contributed by atoms with Crippen molar-refractivity contribution in [3.63, 3.8) is 0 Å². The molecule has 2 nitrogen and oxygen atoms in total. The number of aromatic nitrogens is 2. The number of hydrogen-bond acceptors (Lipinski definition) is 0. The van der Waals surface area contributed by atoms with Crippen LogP contribution < -0.4 is 16.4 Å². The van der Waals surface area contributed by atoms with Gasteiger partial charge < -0.3 is 9.13 Å². The van der Waals surface area contributed by atoms with Gasteiger partial charge in [-0.3, -0.25) is 0 Å². The lowest BCUT2D eigenvalue weighted by Crippen LogP contribution is -2.61. The van der Waals surface area contributed by atoms with Gasteiger partial charge in [0.2, 0.25) is 0 Å². The molecule has 0 saturated carbocycles. The van der Waals surface area contributed by atoms with E-state index >= 15 is 0 Å². The first-order valence-corrected chi connectivity index (χ1v) is 28.5. The molecule has 0 bridgehead atoms. The smallest absolute Gasteiger partial charge is 0.252 e. The third-order valence-corrected chi connectivity index (χ3v) is 19.0. The van der Waals surface area contributed by atoms with Crippen molar-refractivity contribution in [2.45, 2.75) is 110 Å². The molecule has 1 spiro atoms. The number of benzene rings is 10. The number of fused-ring (bicyclic) bond motifs is 15. The minimum Gasteiger partial charge on any atom is -0.310 e. The van der Waals surface area contributed by atoms with Crippen LogP contribution in [0.3, 0.4) is 0 Å². The average molecular weight is 1010 g/mol. The molecule has 0 N–H and O–H groups in total. The van der Waals surface area contributed by atoms with Crippen molar-refractivity contribution in [2.24, 2.45) is 0 Å². The second-order valence-electron chi connectivity index (χ2n) is 27.7. The van der Waals surface area contributed by atoms with Gasteiger partial charge in [0.1, 0.15) is 0 Å². The first kappa shape index (κ1) is 46.2. The summed E-state index contributed by atoms with van der Waals surface area (Å²) in [6, 6.07) is 69.8. The van der Waals surface area contributed by atoms with Gasteiger partial charge in [-0.2, -0.15) is 0 Å². The monoisotopic (exact) mass is 1000 g/mol. The molecule has 378 valence electrons. The average Bonchev–Trinajstić information content (AvgIpc) is 3.31. The van der Waals surface area contributed by atoms with Crippen LogP contribution in [0, 0.1) is 0 Å². The molecule has 12 aromatic rings. The summed E-state index contributed by atoms with van der Waals surface area (Å²) >= 11 is 0. The van der Waals surface area contributed by atoms with Gasteiger partial charge in [-0.05, 0) is 170 Å². The van der Waals surface area contributed by atoms with E-state index in [4.69, 9.17) is 0 Å². The molecule has 0 amide bonds. The molecule has 0 atom stereocenters. The van der Waals surface area contributed by atoms with Crippen molar-refractivity contribution in [2.75, 3.05) is 0 Å². The molecule has 0 unspecified atom stereocenters. The van der Waals surface area contributed by atoms with E-state index in [1.807, 2.05) is 0 Å². The van der Waals surface area contributed by atoms with E-state index < -0.39 is 5.41 Å². The Bertz CT molecular complexity index is 4650. The van der Waals surface area contributed by atoms with E-state index in [0.717, 1.165) is 0 Å². The van der Waals surface area contributed by atoms with Crippen LogP contribution in [0.15, 0.2) is 176 Å². The van der Waals surface area contributed by atoms with Crippen LogP contribution in [0.4, 0.5) is 0 Å². The highest BCUT2D eigenvalue weighted by Gasteiger charge is 2.55. The molecule has 2 aromatic heterocycles. The van der Waals surface area contributed by atoms with Gasteiger partial charge in [-0.1, -0.05) is 210 Å². The van der Waals surface area contributed by atoms with E-state index in [1.165, 1.54) is 160 Å². The van der Waals surface area contributed by atoms with Crippen molar-refractivity contribution < 1.29 is 0 Å². The number of nitrogens with zero attached hydrogens (tertiary/aromatic N) is 2. The fourth-order valence-electron chi connectivity index (χ4n) is 15.0. The summed E-state index contributed by atoms with van der Waals surface area (Å²) in [6.45, 7) is 28.7. The zero-order valence-corrected chi connectivity index (χ0v) is 47.2. The fraction of sp³-hybridized carbons (Fsp3) is 0.227. The minimum absolute atomic E-state index is 0.0251. The second-order valence-corrected chi connectivity index (χ2v) is 27.7. The Labute approximate surface area is 459 Å². The standard InChI is InChI=1S/C75H65BN2/c1-71(2,3)47-30-31-64-54(34-47)55-36-49(73(7,8)9)39-62-67(55)77(64)69-53(46-29-28-44-32-43(26-27-45(44)33-46)42-20-14-13-15-21-42)41-61-70-65(69)76(62)63-40-50(74(10,11)12)37-57-56-35-48(72(4,5)6)38-60(66(56)78(70)68(57)63)75(61)58-24-18-16-22-51(58)52-23-17-19-25-59(52)75/h13-41H,1-12H3. The summed E-state index contributed by atoms with van der Waals surface area (Å²) in [5.74, 6) is 0. The fourth-order valence-corrected chi connectivity index (χ4v) is 15.0. The highest BCUT2D eigenvalue weighted by Crippen LogP contribution is 2.63. The van der Waals surface area contributed by atoms with Crippen LogP contribution >= 0.6 is 0 Å². The molecule has 5 heterocycles. The van der Waals surface area contributed by atoms with Crippen molar-refractivity contribution >= 4 is 77.5 Å². The predicted octanol–water partition coefficient (Wildman–Crippen LogP) is 17.4. The molecule has 3 heteroatoms. The summed E-state index contributed by atoms with van der Waals surface area (Å²) in [5, 5.41) is 7.89. The van der Waals surface area contributed by atoms with Gasteiger partial charge >= 0.3 is 0 Å². The molecule has 4 aliphatic rings. The van der Waals surface area contributed by atoms with Crippen molar-refractivity contribution in [3.8, 4) is 44.8 Å². The molecule has 0 fully saturated rings. The molecule has 1 aliphatic carbocycles. The van der Waals surface area contributed by atoms with E-state index in [9.17, 15) is 0 Å². The van der Waals surface area contributed by atoms with Crippen LogP contribution in [-0.4, -0.2) is 15.8 Å². The van der Waals surface area contributed by atoms with Gasteiger partial charge in [0, 0.05) is 43.8 Å². The molecule has 0 radical (unpaired) electrons. The van der Waals surface area contributed by atoms with Crippen LogP contribution in [0.5, 0.6) is 0 Å². The Kier molecular flexibility index (Phi) is 8.79. The van der Waals surface area contributed by atoms with E-state index in [1.54, 1.807) is 0 Å². The molecular weight excluding hydrogens is 940 g/mol. The van der Waals surface area contributed by atoms with Crippen LogP contribution in [-0.2, 0) is 27.1 Å². The Hall–Kier alpha value is -7.88. The molecule has 3 aliphatic heterocycles. The van der Waals surface area contributed by atoms with Crippen molar-refractivity contribution in [1.29, 1.82) is 0 Å². The SMILES string of the molecule is CC(C)(C)c1ccc2c(c1)c1cc(C(C)(C)C)cc3c1n2-c1c(-c2ccc4cc(-c5ccccc5)ccc4c2)cc2c4c1B3c1cc(C(C)(C)C)cc3c5cc(C(C)(C)C)cc(c5n-4c13)C21c2ccccc2-c2ccccc21. The maximum absolute atomic E-state index is 2.81. The maximum Gasteiger partial charge on any atom is 0.252 e. The summed E-state index contributed by atoms with van der Waals surface area (Å²) in [7, 11) is 0. The largest absolute Gasteiger partial charge is 0.310 e. The van der Waals surface area contributed by atoms with E-state index in [-0.39, 0.29) is 28.4 Å². The number of hydrogen-bond donors (Lipinski definition) is 0. The normalized spacial score (nSPS) is 14.7. The first-order valence-electron chi connectivity index (χ1n) is 28.5. The Morgan fingerprint density at radius 3 is 1.44 bits per heavy atom. The molecule has 16 rings (SSSR count). The van der Waals surface area contributed by atoms with Crippen LogP contribution in [0.1, 0.15) is 128 Å². The molecule has 10 aromatic carbocycles. The topological polar surface area (TPSA) is 9.86 Å². The summed E-state index contributed by atoms with van der Waals surface area (Å²) < 4.78 is 5.56. The number of rotatable bonds is 2. The van der Waals surface area contributed by atoms with Gasteiger partial charge in [0.25, 0.3) is 6.71 Å². The third kappa shape index (κ3) is 5.85. The quantitative estimate of drug-likeness (QED) is 0.153. The zero-order chi connectivity index (χ0) is 53.5. The third-order valence-electron chi connectivity index (χ3n) is 19.0. The highest BCUT2D eigenvalue weighted by molar-refractivity contribution is 7.00. The Morgan fingerprint density at radius 1 is 0.333 bits per heavy atom. The summed E-state index contributed by atoms with van der Waals surface area (Å²) in [4.78, 5) is 0. The summed E-state index contributed by atoms with van der Waals surface area (Å²) in [5.41, 5.74) is 29.9. The molecule has 78 heavy (non-hydrogen) atoms. The second kappa shape index (κ2) is 14.8. The van der Waals surface area contributed by atoms with E-state index in [2.05, 4.69) is 268 Å². The van der Waals surface area contributed by atoms with Gasteiger partial charge in [-0.25, -0.2) is 0 Å². The molecule has 0 saturated heterocycles. The van der Waals surface area contributed by atoms with Gasteiger partial charge in [0.15, 0.2) is 0 Å².